The molecular weight excluding hydrogens is 333 g/mol. The molecule has 0 saturated carbocycles. The van der Waals surface area contributed by atoms with E-state index in [0.29, 0.717) is 11.8 Å². The van der Waals surface area contributed by atoms with E-state index in [9.17, 15) is 22.8 Å². The first-order chi connectivity index (χ1) is 10.9. The molecule has 0 saturated heterocycles. The Morgan fingerprint density at radius 3 is 2.65 bits per heavy atom. The highest BCUT2D eigenvalue weighted by Gasteiger charge is 2.22. The summed E-state index contributed by atoms with van der Waals surface area (Å²) in [6, 6.07) is 0.500. The van der Waals surface area contributed by atoms with E-state index >= 15 is 0 Å². The summed E-state index contributed by atoms with van der Waals surface area (Å²) in [5.41, 5.74) is -0.292. The molecule has 5 nitrogen and oxygen atoms in total. The fraction of sp³-hybridized carbons (Fsp3) is 0.0714. The van der Waals surface area contributed by atoms with Crippen LogP contribution in [0.15, 0.2) is 27.9 Å². The number of carboxylic acids is 1. The third-order valence-electron chi connectivity index (χ3n) is 3.24. The zero-order valence-corrected chi connectivity index (χ0v) is 12.0. The summed E-state index contributed by atoms with van der Waals surface area (Å²) in [4.78, 5) is 27.2. The number of aromatic carboxylic acids is 1. The average Bonchev–Trinajstić information content (AvgIpc) is 3.00. The van der Waals surface area contributed by atoms with Gasteiger partial charge in [-0.25, -0.2) is 22.9 Å². The Hall–Kier alpha value is -2.68. The van der Waals surface area contributed by atoms with E-state index in [0.717, 1.165) is 10.8 Å². The molecule has 9 heteroatoms. The predicted octanol–water partition coefficient (Wildman–Crippen LogP) is 2.62. The van der Waals surface area contributed by atoms with Crippen molar-refractivity contribution in [2.24, 2.45) is 0 Å². The molecular formula is C14H7F3N2O3S. The van der Waals surface area contributed by atoms with Crippen molar-refractivity contribution in [1.82, 2.24) is 9.55 Å². The summed E-state index contributed by atoms with van der Waals surface area (Å²) in [5, 5.41) is 10.2. The lowest BCUT2D eigenvalue weighted by Gasteiger charge is -2.12. The fourth-order valence-corrected chi connectivity index (χ4v) is 2.78. The lowest BCUT2D eigenvalue weighted by molar-refractivity contribution is 0.0695. The second-order valence-electron chi connectivity index (χ2n) is 4.67. The molecule has 0 spiro atoms. The van der Waals surface area contributed by atoms with Crippen molar-refractivity contribution in [2.45, 2.75) is 6.54 Å². The monoisotopic (exact) mass is 340 g/mol. The number of benzene rings is 1. The molecule has 3 rings (SSSR count). The van der Waals surface area contributed by atoms with Crippen LogP contribution in [-0.4, -0.2) is 20.6 Å². The van der Waals surface area contributed by atoms with Crippen LogP contribution in [0.5, 0.6) is 0 Å². The number of halogens is 3. The van der Waals surface area contributed by atoms with Crippen molar-refractivity contribution >= 4 is 28.2 Å². The maximum absolute atomic E-state index is 14.1. The molecule has 23 heavy (non-hydrogen) atoms. The number of nitrogens with zero attached hydrogens (tertiary/aromatic N) is 2. The SMILES string of the molecule is O=C(O)c1cn(Cc2cscn2)c2c(F)c(F)c(F)cc2c1=O. The van der Waals surface area contributed by atoms with E-state index in [2.05, 4.69) is 4.98 Å². The second-order valence-corrected chi connectivity index (χ2v) is 5.39. The van der Waals surface area contributed by atoms with Crippen molar-refractivity contribution in [1.29, 1.82) is 0 Å². The van der Waals surface area contributed by atoms with Gasteiger partial charge in [0, 0.05) is 11.6 Å². The van der Waals surface area contributed by atoms with Crippen LogP contribution in [0.1, 0.15) is 16.1 Å². The van der Waals surface area contributed by atoms with E-state index in [-0.39, 0.29) is 6.54 Å². The highest BCUT2D eigenvalue weighted by molar-refractivity contribution is 7.07. The number of carboxylic acid groups (broad SMARTS) is 1. The van der Waals surface area contributed by atoms with E-state index in [1.165, 1.54) is 16.8 Å². The van der Waals surface area contributed by atoms with Gasteiger partial charge in [0.15, 0.2) is 17.5 Å². The van der Waals surface area contributed by atoms with Gasteiger partial charge in [0.1, 0.15) is 5.56 Å². The van der Waals surface area contributed by atoms with E-state index in [1.54, 1.807) is 5.38 Å². The highest BCUT2D eigenvalue weighted by atomic mass is 32.1. The summed E-state index contributed by atoms with van der Waals surface area (Å²) in [6.45, 7) is -0.0947. The molecule has 0 radical (unpaired) electrons. The normalized spacial score (nSPS) is 11.1. The molecule has 0 bridgehead atoms. The zero-order chi connectivity index (χ0) is 16.7. The van der Waals surface area contributed by atoms with Gasteiger partial charge in [-0.1, -0.05) is 0 Å². The van der Waals surface area contributed by atoms with Gasteiger partial charge in [-0.3, -0.25) is 4.79 Å². The summed E-state index contributed by atoms with van der Waals surface area (Å²) in [5.74, 6) is -6.39. The molecule has 0 fully saturated rings. The quantitative estimate of drug-likeness (QED) is 0.744. The maximum Gasteiger partial charge on any atom is 0.341 e. The lowest BCUT2D eigenvalue weighted by Crippen LogP contribution is -2.20. The third kappa shape index (κ3) is 2.48. The van der Waals surface area contributed by atoms with Gasteiger partial charge in [0.05, 0.1) is 28.7 Å². The summed E-state index contributed by atoms with van der Waals surface area (Å²) in [6.07, 6.45) is 0.896. The molecule has 0 aliphatic rings. The Labute approximate surface area is 130 Å². The maximum atomic E-state index is 14.1. The van der Waals surface area contributed by atoms with Crippen LogP contribution < -0.4 is 5.43 Å². The third-order valence-corrected chi connectivity index (χ3v) is 3.88. The van der Waals surface area contributed by atoms with E-state index in [1.807, 2.05) is 0 Å². The standard InChI is InChI=1S/C14H7F3N2O3S/c15-9-1-7-12(11(17)10(9)16)19(2-6-4-23-5-18-6)3-8(13(7)20)14(21)22/h1,3-5H,2H2,(H,21,22). The van der Waals surface area contributed by atoms with E-state index < -0.39 is 45.3 Å². The number of rotatable bonds is 3. The Morgan fingerprint density at radius 1 is 1.30 bits per heavy atom. The second kappa shape index (κ2) is 5.51. The van der Waals surface area contributed by atoms with Crippen molar-refractivity contribution in [3.8, 4) is 0 Å². The van der Waals surface area contributed by atoms with Gasteiger partial charge in [-0.2, -0.15) is 0 Å². The zero-order valence-electron chi connectivity index (χ0n) is 11.2. The van der Waals surface area contributed by atoms with Gasteiger partial charge in [-0.05, 0) is 6.07 Å². The number of fused-ring (bicyclic) bond motifs is 1. The van der Waals surface area contributed by atoms with Crippen molar-refractivity contribution < 1.29 is 23.1 Å². The number of carbonyl (C=O) groups is 1. The van der Waals surface area contributed by atoms with Crippen molar-refractivity contribution in [2.75, 3.05) is 0 Å². The average molecular weight is 340 g/mol. The van der Waals surface area contributed by atoms with Crippen LogP contribution in [0.25, 0.3) is 10.9 Å². The molecule has 1 N–H and O–H groups in total. The predicted molar refractivity (Wildman–Crippen MR) is 76.3 cm³/mol. The number of pyridine rings is 1. The molecule has 2 heterocycles. The summed E-state index contributed by atoms with van der Waals surface area (Å²) < 4.78 is 42.1. The van der Waals surface area contributed by atoms with E-state index in [4.69, 9.17) is 5.11 Å². The lowest BCUT2D eigenvalue weighted by atomic mass is 10.1. The largest absolute Gasteiger partial charge is 0.477 e. The van der Waals surface area contributed by atoms with Crippen LogP contribution in [0.4, 0.5) is 13.2 Å². The van der Waals surface area contributed by atoms with Crippen LogP contribution in [0.3, 0.4) is 0 Å². The van der Waals surface area contributed by atoms with Gasteiger partial charge in [0.25, 0.3) is 0 Å². The molecule has 2 aromatic heterocycles. The number of hydrogen-bond donors (Lipinski definition) is 1. The number of hydrogen-bond acceptors (Lipinski definition) is 4. The van der Waals surface area contributed by atoms with Crippen molar-refractivity contribution in [3.63, 3.8) is 0 Å². The van der Waals surface area contributed by atoms with Gasteiger partial charge >= 0.3 is 5.97 Å². The van der Waals surface area contributed by atoms with Crippen LogP contribution in [-0.2, 0) is 6.54 Å². The highest BCUT2D eigenvalue weighted by Crippen LogP contribution is 2.22. The topological polar surface area (TPSA) is 72.2 Å². The van der Waals surface area contributed by atoms with Crippen molar-refractivity contribution in [3.05, 3.63) is 62.1 Å². The Morgan fingerprint density at radius 2 is 2.04 bits per heavy atom. The first-order valence-electron chi connectivity index (χ1n) is 6.21. The molecule has 0 aliphatic heterocycles. The Kier molecular flexibility index (Phi) is 3.64. The Bertz CT molecular complexity index is 983. The molecule has 3 aromatic rings. The smallest absolute Gasteiger partial charge is 0.341 e. The van der Waals surface area contributed by atoms with Crippen LogP contribution in [0, 0.1) is 17.5 Å². The van der Waals surface area contributed by atoms with Crippen LogP contribution in [0.2, 0.25) is 0 Å². The summed E-state index contributed by atoms with van der Waals surface area (Å²) in [7, 11) is 0. The fourth-order valence-electron chi connectivity index (χ4n) is 2.23. The first kappa shape index (κ1) is 15.2. The minimum Gasteiger partial charge on any atom is -0.477 e. The van der Waals surface area contributed by atoms with Crippen LogP contribution >= 0.6 is 11.3 Å². The minimum atomic E-state index is -1.73. The molecule has 0 unspecified atom stereocenters. The Balaban J connectivity index is 2.41. The number of aromatic nitrogens is 2. The molecule has 0 aliphatic carbocycles. The molecule has 118 valence electrons. The number of thiazole rings is 1. The molecule has 0 atom stereocenters. The van der Waals surface area contributed by atoms with Gasteiger partial charge in [0.2, 0.25) is 5.43 Å². The first-order valence-corrected chi connectivity index (χ1v) is 7.15. The molecule has 1 aromatic carbocycles. The minimum absolute atomic E-state index is 0.0947. The summed E-state index contributed by atoms with van der Waals surface area (Å²) >= 11 is 1.26. The van der Waals surface area contributed by atoms with Gasteiger partial charge in [-0.15, -0.1) is 11.3 Å². The van der Waals surface area contributed by atoms with Gasteiger partial charge < -0.3 is 9.67 Å². The molecule has 0 amide bonds.